The molecule has 0 bridgehead atoms. The number of nitrogens with zero attached hydrogens (tertiary/aromatic N) is 3. The van der Waals surface area contributed by atoms with E-state index in [1.807, 2.05) is 13.8 Å². The lowest BCUT2D eigenvalue weighted by Crippen LogP contribution is -2.18. The second kappa shape index (κ2) is 5.79. The van der Waals surface area contributed by atoms with Gasteiger partial charge in [-0.1, -0.05) is 37.6 Å². The lowest BCUT2D eigenvalue weighted by Gasteiger charge is -2.12. The Morgan fingerprint density at radius 1 is 1.45 bits per heavy atom. The number of benzene rings is 1. The summed E-state index contributed by atoms with van der Waals surface area (Å²) >= 11 is 0. The monoisotopic (exact) mass is 276 g/mol. The molecule has 0 radical (unpaired) electrons. The molecule has 1 aromatic heterocycles. The second-order valence-electron chi connectivity index (χ2n) is 4.64. The van der Waals surface area contributed by atoms with Crippen LogP contribution in [-0.4, -0.2) is 15.1 Å². The highest BCUT2D eigenvalue weighted by atomic mass is 16.6. The van der Waals surface area contributed by atoms with Crippen LogP contribution >= 0.6 is 0 Å². The van der Waals surface area contributed by atoms with Crippen LogP contribution in [0, 0.1) is 16.0 Å². The van der Waals surface area contributed by atoms with Crippen molar-refractivity contribution in [2.24, 2.45) is 11.7 Å². The van der Waals surface area contributed by atoms with Crippen LogP contribution in [0.2, 0.25) is 0 Å². The predicted molar refractivity (Wildman–Crippen MR) is 72.8 cm³/mol. The van der Waals surface area contributed by atoms with E-state index in [0.717, 1.165) is 6.42 Å². The summed E-state index contributed by atoms with van der Waals surface area (Å²) in [6.07, 6.45) is 0.879. The molecule has 7 nitrogen and oxygen atoms in total. The standard InChI is InChI=1S/C13H16N4O3/c1-3-8(2)11(14)13-15-12(16-20-13)9-6-4-5-7-10(9)17(18)19/h4-8,11H,3,14H2,1-2H3/t8?,11-/m0/s1. The highest BCUT2D eigenvalue weighted by Crippen LogP contribution is 2.29. The molecule has 0 aliphatic rings. The maximum atomic E-state index is 11.0. The summed E-state index contributed by atoms with van der Waals surface area (Å²) in [5.74, 6) is 0.674. The van der Waals surface area contributed by atoms with E-state index in [9.17, 15) is 10.1 Å². The first-order chi connectivity index (χ1) is 9.54. The fourth-order valence-corrected chi connectivity index (χ4v) is 1.80. The predicted octanol–water partition coefficient (Wildman–Crippen LogP) is 2.69. The fraction of sp³-hybridized carbons (Fsp3) is 0.385. The van der Waals surface area contributed by atoms with Gasteiger partial charge in [0.15, 0.2) is 0 Å². The van der Waals surface area contributed by atoms with Gasteiger partial charge in [-0.2, -0.15) is 4.98 Å². The van der Waals surface area contributed by atoms with Gasteiger partial charge in [0.25, 0.3) is 5.69 Å². The summed E-state index contributed by atoms with van der Waals surface area (Å²) in [5.41, 5.74) is 6.27. The number of nitro groups is 1. The third-order valence-corrected chi connectivity index (χ3v) is 3.33. The average Bonchev–Trinajstić information content (AvgIpc) is 2.95. The zero-order valence-electron chi connectivity index (χ0n) is 11.3. The molecule has 2 aromatic rings. The number of nitrogens with two attached hydrogens (primary N) is 1. The largest absolute Gasteiger partial charge is 0.337 e. The number of para-hydroxylation sites is 1. The van der Waals surface area contributed by atoms with Crippen molar-refractivity contribution in [2.45, 2.75) is 26.3 Å². The molecule has 2 N–H and O–H groups in total. The molecule has 1 heterocycles. The van der Waals surface area contributed by atoms with Gasteiger partial charge in [0.2, 0.25) is 11.7 Å². The highest BCUT2D eigenvalue weighted by Gasteiger charge is 2.23. The smallest absolute Gasteiger partial charge is 0.280 e. The third kappa shape index (κ3) is 2.67. The molecule has 1 aromatic carbocycles. The zero-order valence-corrected chi connectivity index (χ0v) is 11.3. The average molecular weight is 276 g/mol. The first kappa shape index (κ1) is 14.1. The van der Waals surface area contributed by atoms with Crippen LogP contribution in [-0.2, 0) is 0 Å². The van der Waals surface area contributed by atoms with Crippen LogP contribution in [0.1, 0.15) is 32.2 Å². The molecule has 106 valence electrons. The van der Waals surface area contributed by atoms with E-state index >= 15 is 0 Å². The number of aromatic nitrogens is 2. The first-order valence-electron chi connectivity index (χ1n) is 6.37. The Morgan fingerprint density at radius 2 is 2.15 bits per heavy atom. The van der Waals surface area contributed by atoms with Crippen LogP contribution in [0.3, 0.4) is 0 Å². The molecule has 0 spiro atoms. The second-order valence-corrected chi connectivity index (χ2v) is 4.64. The summed E-state index contributed by atoms with van der Waals surface area (Å²) in [6, 6.07) is 5.89. The Kier molecular flexibility index (Phi) is 4.09. The molecule has 0 saturated heterocycles. The summed E-state index contributed by atoms with van der Waals surface area (Å²) in [5, 5.41) is 14.8. The molecule has 2 rings (SSSR count). The van der Waals surface area contributed by atoms with E-state index in [0.29, 0.717) is 11.5 Å². The van der Waals surface area contributed by atoms with Crippen molar-refractivity contribution in [2.75, 3.05) is 0 Å². The van der Waals surface area contributed by atoms with Crippen LogP contribution < -0.4 is 5.73 Å². The Bertz CT molecular complexity index is 611. The van der Waals surface area contributed by atoms with Crippen molar-refractivity contribution in [3.05, 3.63) is 40.3 Å². The SMILES string of the molecule is CCC(C)[C@H](N)c1nc(-c2ccccc2[N+](=O)[O-])no1. The van der Waals surface area contributed by atoms with E-state index in [1.165, 1.54) is 6.07 Å². The molecule has 2 atom stereocenters. The molecule has 7 heteroatoms. The molecule has 0 saturated carbocycles. The van der Waals surface area contributed by atoms with Crippen LogP contribution in [0.4, 0.5) is 5.69 Å². The van der Waals surface area contributed by atoms with Crippen molar-refractivity contribution in [1.29, 1.82) is 0 Å². The van der Waals surface area contributed by atoms with Crippen LogP contribution in [0.5, 0.6) is 0 Å². The van der Waals surface area contributed by atoms with Gasteiger partial charge in [0, 0.05) is 6.07 Å². The molecule has 20 heavy (non-hydrogen) atoms. The van der Waals surface area contributed by atoms with Gasteiger partial charge in [-0.15, -0.1) is 0 Å². The number of rotatable bonds is 5. The van der Waals surface area contributed by atoms with Crippen molar-refractivity contribution in [3.63, 3.8) is 0 Å². The summed E-state index contributed by atoms with van der Waals surface area (Å²) in [7, 11) is 0. The van der Waals surface area contributed by atoms with Gasteiger partial charge >= 0.3 is 0 Å². The van der Waals surface area contributed by atoms with Gasteiger partial charge in [0.1, 0.15) is 5.56 Å². The molecular weight excluding hydrogens is 260 g/mol. The molecule has 0 aliphatic carbocycles. The molecule has 0 amide bonds. The minimum Gasteiger partial charge on any atom is -0.337 e. The fourth-order valence-electron chi connectivity index (χ4n) is 1.80. The topological polar surface area (TPSA) is 108 Å². The van der Waals surface area contributed by atoms with Crippen LogP contribution in [0.25, 0.3) is 11.4 Å². The maximum absolute atomic E-state index is 11.0. The van der Waals surface area contributed by atoms with Gasteiger partial charge < -0.3 is 10.3 Å². The normalized spacial score (nSPS) is 13.9. The van der Waals surface area contributed by atoms with Gasteiger partial charge in [-0.25, -0.2) is 0 Å². The van der Waals surface area contributed by atoms with Crippen molar-refractivity contribution >= 4 is 5.69 Å². The third-order valence-electron chi connectivity index (χ3n) is 3.33. The van der Waals surface area contributed by atoms with E-state index < -0.39 is 4.92 Å². The first-order valence-corrected chi connectivity index (χ1v) is 6.37. The van der Waals surface area contributed by atoms with E-state index in [4.69, 9.17) is 10.3 Å². The van der Waals surface area contributed by atoms with Crippen molar-refractivity contribution in [3.8, 4) is 11.4 Å². The summed E-state index contributed by atoms with van der Waals surface area (Å²) in [6.45, 7) is 4.00. The summed E-state index contributed by atoms with van der Waals surface area (Å²) < 4.78 is 5.13. The molecule has 1 unspecified atom stereocenters. The summed E-state index contributed by atoms with van der Waals surface area (Å²) in [4.78, 5) is 14.7. The van der Waals surface area contributed by atoms with Gasteiger partial charge in [0.05, 0.1) is 11.0 Å². The van der Waals surface area contributed by atoms with E-state index in [-0.39, 0.29) is 23.5 Å². The quantitative estimate of drug-likeness (QED) is 0.664. The number of nitro benzene ring substituents is 1. The van der Waals surface area contributed by atoms with E-state index in [1.54, 1.807) is 18.2 Å². The lowest BCUT2D eigenvalue weighted by molar-refractivity contribution is -0.384. The molecule has 0 fully saturated rings. The van der Waals surface area contributed by atoms with E-state index in [2.05, 4.69) is 10.1 Å². The minimum atomic E-state index is -0.472. The Labute approximate surface area is 115 Å². The maximum Gasteiger partial charge on any atom is 0.280 e. The molecule has 0 aliphatic heterocycles. The Morgan fingerprint density at radius 3 is 2.80 bits per heavy atom. The zero-order chi connectivity index (χ0) is 14.7. The Hall–Kier alpha value is -2.28. The minimum absolute atomic E-state index is 0.0584. The number of hydrogen-bond acceptors (Lipinski definition) is 6. The Balaban J connectivity index is 2.36. The van der Waals surface area contributed by atoms with Gasteiger partial charge in [-0.05, 0) is 12.0 Å². The number of hydrogen-bond donors (Lipinski definition) is 1. The lowest BCUT2D eigenvalue weighted by atomic mass is 10.0. The van der Waals surface area contributed by atoms with Crippen molar-refractivity contribution in [1.82, 2.24) is 10.1 Å². The highest BCUT2D eigenvalue weighted by molar-refractivity contribution is 5.67. The van der Waals surface area contributed by atoms with Crippen molar-refractivity contribution < 1.29 is 9.45 Å². The van der Waals surface area contributed by atoms with Gasteiger partial charge in [-0.3, -0.25) is 10.1 Å². The van der Waals surface area contributed by atoms with Crippen LogP contribution in [0.15, 0.2) is 28.8 Å². The molecular formula is C13H16N4O3.